The van der Waals surface area contributed by atoms with Crippen molar-refractivity contribution in [2.75, 3.05) is 13.1 Å². The zero-order valence-electron chi connectivity index (χ0n) is 12.8. The van der Waals surface area contributed by atoms with Crippen molar-refractivity contribution in [2.45, 2.75) is 45.1 Å². The Labute approximate surface area is 132 Å². The first-order chi connectivity index (χ1) is 9.60. The fraction of sp³-hybridized carbons (Fsp3) is 0.733. The second kappa shape index (κ2) is 6.36. The van der Waals surface area contributed by atoms with Crippen molar-refractivity contribution in [1.82, 2.24) is 20.4 Å². The van der Waals surface area contributed by atoms with E-state index in [2.05, 4.69) is 22.7 Å². The Morgan fingerprint density at radius 2 is 2.33 bits per heavy atom. The molecule has 21 heavy (non-hydrogen) atoms. The molecular weight excluding hydrogens is 288 g/mol. The predicted octanol–water partition coefficient (Wildman–Crippen LogP) is 1.73. The van der Waals surface area contributed by atoms with Gasteiger partial charge in [-0.1, -0.05) is 0 Å². The molecule has 0 saturated carbocycles. The van der Waals surface area contributed by atoms with Crippen molar-refractivity contribution in [3.05, 3.63) is 17.5 Å². The number of carbonyl (C=O) groups is 1. The smallest absolute Gasteiger partial charge is 0.227 e. The number of nitrogens with one attached hydrogen (secondary N) is 2. The molecule has 3 rings (SSSR count). The molecule has 6 heteroatoms. The maximum absolute atomic E-state index is 12.6. The van der Waals surface area contributed by atoms with E-state index in [-0.39, 0.29) is 29.8 Å². The third kappa shape index (κ3) is 3.09. The lowest BCUT2D eigenvalue weighted by molar-refractivity contribution is -0.132. The van der Waals surface area contributed by atoms with Gasteiger partial charge in [-0.05, 0) is 45.6 Å². The second-order valence-corrected chi connectivity index (χ2v) is 6.43. The third-order valence-corrected chi connectivity index (χ3v) is 4.83. The summed E-state index contributed by atoms with van der Waals surface area (Å²) in [6.07, 6.45) is 7.17. The van der Waals surface area contributed by atoms with Crippen LogP contribution in [0.5, 0.6) is 0 Å². The Kier molecular flexibility index (Phi) is 4.94. The summed E-state index contributed by atoms with van der Waals surface area (Å²) < 4.78 is 1.94. The fourth-order valence-corrected chi connectivity index (χ4v) is 3.44. The van der Waals surface area contributed by atoms with Gasteiger partial charge in [0.05, 0.1) is 17.7 Å². The van der Waals surface area contributed by atoms with E-state index in [4.69, 9.17) is 0 Å². The minimum atomic E-state index is -0.266. The quantitative estimate of drug-likeness (QED) is 0.874. The van der Waals surface area contributed by atoms with Gasteiger partial charge < -0.3 is 10.6 Å². The van der Waals surface area contributed by atoms with E-state index in [9.17, 15) is 4.79 Å². The molecule has 5 nitrogen and oxygen atoms in total. The second-order valence-electron chi connectivity index (χ2n) is 6.43. The number of carbonyl (C=O) groups excluding carboxylic acids is 1. The molecule has 2 heterocycles. The monoisotopic (exact) mass is 312 g/mol. The molecule has 0 bridgehead atoms. The van der Waals surface area contributed by atoms with E-state index >= 15 is 0 Å². The van der Waals surface area contributed by atoms with Crippen molar-refractivity contribution in [2.24, 2.45) is 12.5 Å². The summed E-state index contributed by atoms with van der Waals surface area (Å²) in [7, 11) is 1.98. The summed E-state index contributed by atoms with van der Waals surface area (Å²) in [5.41, 5.74) is 2.21. The van der Waals surface area contributed by atoms with Gasteiger partial charge in [0, 0.05) is 24.8 Å². The molecule has 1 aromatic heterocycles. The van der Waals surface area contributed by atoms with Gasteiger partial charge in [0.1, 0.15) is 0 Å². The van der Waals surface area contributed by atoms with E-state index in [1.165, 1.54) is 11.3 Å². The Morgan fingerprint density at radius 1 is 1.52 bits per heavy atom. The van der Waals surface area contributed by atoms with Gasteiger partial charge in [-0.3, -0.25) is 9.48 Å². The van der Waals surface area contributed by atoms with Crippen LogP contribution in [0.1, 0.15) is 49.9 Å². The highest BCUT2D eigenvalue weighted by Gasteiger charge is 2.36. The summed E-state index contributed by atoms with van der Waals surface area (Å²) in [4.78, 5) is 12.6. The first kappa shape index (κ1) is 16.3. The zero-order valence-corrected chi connectivity index (χ0v) is 13.6. The highest BCUT2D eigenvalue weighted by atomic mass is 35.5. The van der Waals surface area contributed by atoms with Crippen LogP contribution in [0, 0.1) is 5.41 Å². The van der Waals surface area contributed by atoms with E-state index in [0.29, 0.717) is 0 Å². The van der Waals surface area contributed by atoms with Gasteiger partial charge in [-0.15, -0.1) is 12.4 Å². The normalized spacial score (nSPS) is 28.4. The first-order valence-corrected chi connectivity index (χ1v) is 7.63. The molecular formula is C15H25ClN4O. The van der Waals surface area contributed by atoms with Crippen LogP contribution in [0.4, 0.5) is 0 Å². The van der Waals surface area contributed by atoms with Crippen molar-refractivity contribution in [3.8, 4) is 0 Å². The topological polar surface area (TPSA) is 59.0 Å². The number of piperidine rings is 1. The van der Waals surface area contributed by atoms with Crippen LogP contribution in [0.15, 0.2) is 6.20 Å². The van der Waals surface area contributed by atoms with Gasteiger partial charge in [-0.25, -0.2) is 0 Å². The van der Waals surface area contributed by atoms with Crippen LogP contribution in [0.3, 0.4) is 0 Å². The van der Waals surface area contributed by atoms with Crippen LogP contribution in [0.25, 0.3) is 0 Å². The van der Waals surface area contributed by atoms with E-state index in [1.54, 1.807) is 0 Å². The van der Waals surface area contributed by atoms with Crippen molar-refractivity contribution in [1.29, 1.82) is 0 Å². The Balaban J connectivity index is 0.00000161. The number of hydrogen-bond acceptors (Lipinski definition) is 3. The van der Waals surface area contributed by atoms with Crippen molar-refractivity contribution in [3.63, 3.8) is 0 Å². The standard InChI is InChI=1S/C15H24N4O.ClH/c1-15(7-4-8-16-10-15)14(20)18-12-5-3-6-13-11(12)9-17-19(13)2;/h9,12,16H,3-8,10H2,1-2H3,(H,18,20);1H. The number of halogens is 1. The van der Waals surface area contributed by atoms with Crippen molar-refractivity contribution < 1.29 is 4.79 Å². The predicted molar refractivity (Wildman–Crippen MR) is 84.5 cm³/mol. The SMILES string of the molecule is Cl.Cn1ncc2c1CCCC2NC(=O)C1(C)CCCNC1. The average molecular weight is 313 g/mol. The zero-order chi connectivity index (χ0) is 14.2. The number of hydrogen-bond donors (Lipinski definition) is 2. The fourth-order valence-electron chi connectivity index (χ4n) is 3.44. The van der Waals surface area contributed by atoms with Gasteiger partial charge in [-0.2, -0.15) is 5.10 Å². The molecule has 1 fully saturated rings. The van der Waals surface area contributed by atoms with Crippen LogP contribution in [0.2, 0.25) is 0 Å². The molecule has 1 amide bonds. The minimum absolute atomic E-state index is 0. The lowest BCUT2D eigenvalue weighted by Gasteiger charge is -2.35. The number of nitrogens with zero attached hydrogens (tertiary/aromatic N) is 2. The lowest BCUT2D eigenvalue weighted by Crippen LogP contribution is -2.49. The Hall–Kier alpha value is -1.07. The number of amides is 1. The maximum Gasteiger partial charge on any atom is 0.227 e. The first-order valence-electron chi connectivity index (χ1n) is 7.63. The van der Waals surface area contributed by atoms with Crippen LogP contribution in [-0.2, 0) is 18.3 Å². The van der Waals surface area contributed by atoms with Crippen LogP contribution >= 0.6 is 12.4 Å². The molecule has 2 unspecified atom stereocenters. The average Bonchev–Trinajstić information content (AvgIpc) is 2.83. The Morgan fingerprint density at radius 3 is 3.05 bits per heavy atom. The van der Waals surface area contributed by atoms with Gasteiger partial charge in [0.15, 0.2) is 0 Å². The molecule has 2 atom stereocenters. The molecule has 0 aromatic carbocycles. The summed E-state index contributed by atoms with van der Waals surface area (Å²) >= 11 is 0. The van der Waals surface area contributed by atoms with Gasteiger partial charge >= 0.3 is 0 Å². The third-order valence-electron chi connectivity index (χ3n) is 4.83. The molecule has 1 aliphatic heterocycles. The lowest BCUT2D eigenvalue weighted by atomic mass is 9.81. The number of aromatic nitrogens is 2. The molecule has 0 spiro atoms. The van der Waals surface area contributed by atoms with Crippen LogP contribution in [-0.4, -0.2) is 28.8 Å². The van der Waals surface area contributed by atoms with Gasteiger partial charge in [0.25, 0.3) is 0 Å². The maximum atomic E-state index is 12.6. The van der Waals surface area contributed by atoms with E-state index < -0.39 is 0 Å². The minimum Gasteiger partial charge on any atom is -0.349 e. The molecule has 2 N–H and O–H groups in total. The van der Waals surface area contributed by atoms with Gasteiger partial charge in [0.2, 0.25) is 5.91 Å². The highest BCUT2D eigenvalue weighted by Crippen LogP contribution is 2.32. The molecule has 2 aliphatic rings. The van der Waals surface area contributed by atoms with E-state index in [1.807, 2.05) is 17.9 Å². The Bertz CT molecular complexity index is 508. The molecule has 0 radical (unpaired) electrons. The van der Waals surface area contributed by atoms with Crippen LogP contribution < -0.4 is 10.6 Å². The molecule has 1 saturated heterocycles. The summed E-state index contributed by atoms with van der Waals surface area (Å²) in [5, 5.41) is 10.9. The van der Waals surface area contributed by atoms with Crippen molar-refractivity contribution >= 4 is 18.3 Å². The molecule has 1 aliphatic carbocycles. The summed E-state index contributed by atoms with van der Waals surface area (Å²) in [6.45, 7) is 3.88. The number of rotatable bonds is 2. The highest BCUT2D eigenvalue weighted by molar-refractivity contribution is 5.85. The summed E-state index contributed by atoms with van der Waals surface area (Å²) in [5.74, 6) is 0.186. The molecule has 118 valence electrons. The number of aryl methyl sites for hydroxylation is 1. The summed E-state index contributed by atoms with van der Waals surface area (Å²) in [6, 6.07) is 0.138. The van der Waals surface area contributed by atoms with E-state index in [0.717, 1.165) is 45.2 Å². The molecule has 1 aromatic rings. The largest absolute Gasteiger partial charge is 0.349 e. The number of fused-ring (bicyclic) bond motifs is 1.